The van der Waals surface area contributed by atoms with Gasteiger partial charge in [-0.3, -0.25) is 4.18 Å². The second-order valence-corrected chi connectivity index (χ2v) is 7.15. The van der Waals surface area contributed by atoms with Crippen LogP contribution < -0.4 is 4.90 Å². The second-order valence-electron chi connectivity index (χ2n) is 5.58. The molecule has 1 heterocycles. The molecule has 0 amide bonds. The molecule has 1 aromatic rings. The average molecular weight is 284 g/mol. The third-order valence-electron chi connectivity index (χ3n) is 3.72. The molecule has 1 aliphatic heterocycles. The van der Waals surface area contributed by atoms with Gasteiger partial charge in [-0.2, -0.15) is 8.42 Å². The number of nitrogens with one attached hydrogen (secondary N) is 1. The molecule has 5 heteroatoms. The van der Waals surface area contributed by atoms with Crippen molar-refractivity contribution in [1.29, 1.82) is 0 Å². The smallest absolute Gasteiger partial charge is 0.297 e. The summed E-state index contributed by atoms with van der Waals surface area (Å²) in [5.74, 6) is 0.258. The van der Waals surface area contributed by atoms with E-state index in [0.717, 1.165) is 25.1 Å². The number of piperidine rings is 1. The van der Waals surface area contributed by atoms with E-state index in [9.17, 15) is 8.42 Å². The minimum atomic E-state index is -3.64. The van der Waals surface area contributed by atoms with E-state index in [-0.39, 0.29) is 16.9 Å². The first-order valence-corrected chi connectivity index (χ1v) is 8.10. The molecule has 1 N–H and O–H groups in total. The van der Waals surface area contributed by atoms with Gasteiger partial charge in [0, 0.05) is 12.3 Å². The largest absolute Gasteiger partial charge is 0.337 e. The van der Waals surface area contributed by atoms with E-state index in [0.29, 0.717) is 0 Å². The van der Waals surface area contributed by atoms with E-state index in [2.05, 4.69) is 14.0 Å². The Kier molecular flexibility index (Phi) is 4.28. The summed E-state index contributed by atoms with van der Waals surface area (Å²) in [6.45, 7) is 5.89. The van der Waals surface area contributed by atoms with Gasteiger partial charge in [-0.05, 0) is 19.1 Å². The zero-order valence-electron chi connectivity index (χ0n) is 11.7. The fourth-order valence-electron chi connectivity index (χ4n) is 2.52. The summed E-state index contributed by atoms with van der Waals surface area (Å²) in [6.07, 6.45) is 0.591. The van der Waals surface area contributed by atoms with Crippen LogP contribution in [-0.2, 0) is 14.3 Å². The highest BCUT2D eigenvalue weighted by Gasteiger charge is 2.32. The number of hydrogen-bond donors (Lipinski definition) is 1. The summed E-state index contributed by atoms with van der Waals surface area (Å²) in [4.78, 5) is 1.68. The summed E-state index contributed by atoms with van der Waals surface area (Å²) in [7, 11) is -1.51. The third-order valence-corrected chi connectivity index (χ3v) is 5.07. The van der Waals surface area contributed by atoms with Gasteiger partial charge in [0.15, 0.2) is 0 Å². The Morgan fingerprint density at radius 2 is 1.89 bits per heavy atom. The second kappa shape index (κ2) is 5.61. The standard InChI is InChI=1S/C14H21NO3S/c1-11-4-6-13(7-5-11)19(16,17)18-14-8-9-15(3)10-12(14)2/h4-7,12,14H,8-10H2,1-3H3/p+1/t12-,14-/m0/s1. The Labute approximate surface area is 115 Å². The third kappa shape index (κ3) is 3.55. The van der Waals surface area contributed by atoms with Gasteiger partial charge in [0.1, 0.15) is 0 Å². The maximum Gasteiger partial charge on any atom is 0.297 e. The fraction of sp³-hybridized carbons (Fsp3) is 0.571. The zero-order chi connectivity index (χ0) is 14.0. The molecule has 1 fully saturated rings. The van der Waals surface area contributed by atoms with E-state index in [1.807, 2.05) is 6.92 Å². The van der Waals surface area contributed by atoms with E-state index in [4.69, 9.17) is 4.18 Å². The van der Waals surface area contributed by atoms with E-state index in [1.165, 1.54) is 4.90 Å². The van der Waals surface area contributed by atoms with Crippen molar-refractivity contribution in [2.75, 3.05) is 20.1 Å². The highest BCUT2D eigenvalue weighted by Crippen LogP contribution is 2.20. The summed E-state index contributed by atoms with van der Waals surface area (Å²) >= 11 is 0. The van der Waals surface area contributed by atoms with E-state index >= 15 is 0 Å². The lowest BCUT2D eigenvalue weighted by Crippen LogP contribution is -3.11. The summed E-state index contributed by atoms with van der Waals surface area (Å²) in [5.41, 5.74) is 1.04. The zero-order valence-corrected chi connectivity index (χ0v) is 12.5. The van der Waals surface area contributed by atoms with Crippen LogP contribution in [0.5, 0.6) is 0 Å². The highest BCUT2D eigenvalue weighted by atomic mass is 32.2. The fourth-order valence-corrected chi connectivity index (χ4v) is 3.71. The number of benzene rings is 1. The van der Waals surface area contributed by atoms with Crippen LogP contribution >= 0.6 is 0 Å². The molecule has 2 rings (SSSR count). The van der Waals surface area contributed by atoms with Crippen LogP contribution in [0.3, 0.4) is 0 Å². The molecule has 1 aliphatic rings. The van der Waals surface area contributed by atoms with Crippen molar-refractivity contribution in [3.05, 3.63) is 29.8 Å². The van der Waals surface area contributed by atoms with Crippen LogP contribution in [0.25, 0.3) is 0 Å². The predicted molar refractivity (Wildman–Crippen MR) is 73.6 cm³/mol. The maximum absolute atomic E-state index is 12.2. The lowest BCUT2D eigenvalue weighted by Gasteiger charge is -2.31. The summed E-state index contributed by atoms with van der Waals surface area (Å²) < 4.78 is 29.8. The van der Waals surface area contributed by atoms with Gasteiger partial charge in [-0.25, -0.2) is 0 Å². The molecular weight excluding hydrogens is 262 g/mol. The lowest BCUT2D eigenvalue weighted by atomic mass is 9.97. The minimum absolute atomic E-state index is 0.199. The number of quaternary nitrogens is 1. The number of rotatable bonds is 3. The van der Waals surface area contributed by atoms with Gasteiger partial charge in [0.05, 0.1) is 31.1 Å². The normalized spacial score (nSPS) is 28.3. The molecule has 0 radical (unpaired) electrons. The highest BCUT2D eigenvalue weighted by molar-refractivity contribution is 7.86. The van der Waals surface area contributed by atoms with Crippen molar-refractivity contribution in [2.45, 2.75) is 31.3 Å². The first-order valence-electron chi connectivity index (χ1n) is 6.70. The van der Waals surface area contributed by atoms with Crippen molar-refractivity contribution >= 4 is 10.1 Å². The SMILES string of the molecule is Cc1ccc(S(=O)(=O)O[C@H]2CC[NH+](C)C[C@@H]2C)cc1. The van der Waals surface area contributed by atoms with Crippen LogP contribution in [0.4, 0.5) is 0 Å². The van der Waals surface area contributed by atoms with Gasteiger partial charge in [-0.15, -0.1) is 0 Å². The van der Waals surface area contributed by atoms with E-state index < -0.39 is 10.1 Å². The molecule has 1 unspecified atom stereocenters. The van der Waals surface area contributed by atoms with Crippen molar-refractivity contribution in [2.24, 2.45) is 5.92 Å². The van der Waals surface area contributed by atoms with Crippen LogP contribution in [-0.4, -0.2) is 34.7 Å². The molecule has 106 valence electrons. The molecule has 3 atom stereocenters. The van der Waals surface area contributed by atoms with Gasteiger partial charge < -0.3 is 4.90 Å². The Hall–Kier alpha value is -0.910. The molecule has 1 aromatic carbocycles. The molecule has 0 aromatic heterocycles. The van der Waals surface area contributed by atoms with Gasteiger partial charge >= 0.3 is 0 Å². The first-order chi connectivity index (χ1) is 8.88. The minimum Gasteiger partial charge on any atom is -0.337 e. The molecule has 4 nitrogen and oxygen atoms in total. The maximum atomic E-state index is 12.2. The Bertz CT molecular complexity index is 524. The van der Waals surface area contributed by atoms with Crippen LogP contribution in [0.2, 0.25) is 0 Å². The number of hydrogen-bond acceptors (Lipinski definition) is 3. The van der Waals surface area contributed by atoms with Crippen LogP contribution in [0.1, 0.15) is 18.9 Å². The van der Waals surface area contributed by atoms with Crippen LogP contribution in [0.15, 0.2) is 29.2 Å². The van der Waals surface area contributed by atoms with E-state index in [1.54, 1.807) is 24.3 Å². The van der Waals surface area contributed by atoms with Crippen molar-refractivity contribution in [3.63, 3.8) is 0 Å². The lowest BCUT2D eigenvalue weighted by molar-refractivity contribution is -0.889. The Morgan fingerprint density at radius 3 is 2.47 bits per heavy atom. The predicted octanol–water partition coefficient (Wildman–Crippen LogP) is 0.623. The number of aryl methyl sites for hydroxylation is 1. The van der Waals surface area contributed by atoms with Gasteiger partial charge in [-0.1, -0.05) is 24.6 Å². The average Bonchev–Trinajstić information content (AvgIpc) is 2.33. The molecule has 1 saturated heterocycles. The molecule has 0 saturated carbocycles. The Balaban J connectivity index is 2.11. The van der Waals surface area contributed by atoms with Crippen molar-refractivity contribution < 1.29 is 17.5 Å². The molecule has 19 heavy (non-hydrogen) atoms. The molecule has 0 aliphatic carbocycles. The van der Waals surface area contributed by atoms with Crippen molar-refractivity contribution in [1.82, 2.24) is 0 Å². The molecular formula is C14H22NO3S+. The van der Waals surface area contributed by atoms with Crippen LogP contribution in [0, 0.1) is 12.8 Å². The quantitative estimate of drug-likeness (QED) is 0.828. The first kappa shape index (κ1) is 14.5. The van der Waals surface area contributed by atoms with Gasteiger partial charge in [0.25, 0.3) is 10.1 Å². The number of likely N-dealkylation sites (tertiary alicyclic amines) is 1. The monoisotopic (exact) mass is 284 g/mol. The van der Waals surface area contributed by atoms with Crippen molar-refractivity contribution in [3.8, 4) is 0 Å². The summed E-state index contributed by atoms with van der Waals surface area (Å²) in [5, 5.41) is 0. The van der Waals surface area contributed by atoms with Gasteiger partial charge in [0.2, 0.25) is 0 Å². The Morgan fingerprint density at radius 1 is 1.26 bits per heavy atom. The topological polar surface area (TPSA) is 47.8 Å². The molecule has 0 spiro atoms. The summed E-state index contributed by atoms with van der Waals surface area (Å²) in [6, 6.07) is 6.79. The molecule has 0 bridgehead atoms.